The molecule has 0 bridgehead atoms. The summed E-state index contributed by atoms with van der Waals surface area (Å²) in [6.45, 7) is 6.45. The van der Waals surface area contributed by atoms with Gasteiger partial charge in [-0.1, -0.05) is 61.2 Å². The number of nitrogens with zero attached hydrogens (tertiary/aromatic N) is 4. The van der Waals surface area contributed by atoms with E-state index in [0.29, 0.717) is 27.9 Å². The molecule has 0 atom stereocenters. The SMILES string of the molecule is CCCn1c(N2CCCC2)c(C=C2SC(=S)N(Cc3ccccc3)C2=O)c(C)c(C#N)c1=O. The molecule has 0 spiro atoms. The molecule has 0 N–H and O–H groups in total. The van der Waals surface area contributed by atoms with Crippen LogP contribution in [0.25, 0.3) is 6.08 Å². The number of nitriles is 1. The number of hydrogen-bond donors (Lipinski definition) is 0. The summed E-state index contributed by atoms with van der Waals surface area (Å²) in [4.78, 5) is 30.8. The third-order valence-electron chi connectivity index (χ3n) is 6.03. The van der Waals surface area contributed by atoms with Crippen molar-refractivity contribution in [1.29, 1.82) is 5.26 Å². The molecule has 6 nitrogen and oxygen atoms in total. The quantitative estimate of drug-likeness (QED) is 0.452. The number of carbonyl (C=O) groups excluding carboxylic acids is 1. The first-order valence-electron chi connectivity index (χ1n) is 11.2. The molecule has 2 aromatic rings. The zero-order valence-electron chi connectivity index (χ0n) is 18.8. The van der Waals surface area contributed by atoms with E-state index in [9.17, 15) is 14.9 Å². The molecule has 0 radical (unpaired) electrons. The number of carbonyl (C=O) groups is 1. The van der Waals surface area contributed by atoms with Gasteiger partial charge in [0.05, 0.1) is 11.4 Å². The maximum Gasteiger partial charge on any atom is 0.270 e. The van der Waals surface area contributed by atoms with E-state index in [0.717, 1.165) is 49.3 Å². The lowest BCUT2D eigenvalue weighted by Gasteiger charge is -2.26. The van der Waals surface area contributed by atoms with E-state index < -0.39 is 0 Å². The molecular weight excluding hydrogens is 452 g/mol. The molecule has 33 heavy (non-hydrogen) atoms. The molecule has 2 saturated heterocycles. The first-order valence-corrected chi connectivity index (χ1v) is 12.4. The van der Waals surface area contributed by atoms with Crippen molar-refractivity contribution in [3.8, 4) is 6.07 Å². The van der Waals surface area contributed by atoms with Gasteiger partial charge in [-0.25, -0.2) is 0 Å². The van der Waals surface area contributed by atoms with Crippen molar-refractivity contribution in [3.63, 3.8) is 0 Å². The maximum absolute atomic E-state index is 13.3. The molecule has 1 aromatic carbocycles. The van der Waals surface area contributed by atoms with Crippen molar-refractivity contribution in [2.45, 2.75) is 46.2 Å². The van der Waals surface area contributed by atoms with E-state index in [4.69, 9.17) is 12.2 Å². The summed E-state index contributed by atoms with van der Waals surface area (Å²) in [5.74, 6) is 0.663. The molecule has 170 valence electrons. The summed E-state index contributed by atoms with van der Waals surface area (Å²) in [6.07, 6.45) is 4.71. The van der Waals surface area contributed by atoms with Gasteiger partial charge in [-0.15, -0.1) is 0 Å². The fourth-order valence-electron chi connectivity index (χ4n) is 4.38. The Morgan fingerprint density at radius 2 is 1.88 bits per heavy atom. The second-order valence-corrected chi connectivity index (χ2v) is 9.93. The van der Waals surface area contributed by atoms with Crippen LogP contribution in [0.5, 0.6) is 0 Å². The average molecular weight is 479 g/mol. The summed E-state index contributed by atoms with van der Waals surface area (Å²) in [6, 6.07) is 11.9. The number of thioether (sulfide) groups is 1. The van der Waals surface area contributed by atoms with Gasteiger partial charge in [0.1, 0.15) is 21.8 Å². The van der Waals surface area contributed by atoms with Crippen LogP contribution in [0.2, 0.25) is 0 Å². The van der Waals surface area contributed by atoms with E-state index in [1.165, 1.54) is 11.8 Å². The van der Waals surface area contributed by atoms with Gasteiger partial charge in [-0.2, -0.15) is 5.26 Å². The van der Waals surface area contributed by atoms with E-state index in [-0.39, 0.29) is 17.0 Å². The number of pyridine rings is 1. The topological polar surface area (TPSA) is 69.3 Å². The van der Waals surface area contributed by atoms with E-state index in [2.05, 4.69) is 11.0 Å². The van der Waals surface area contributed by atoms with Crippen molar-refractivity contribution in [2.24, 2.45) is 0 Å². The summed E-state index contributed by atoms with van der Waals surface area (Å²) in [7, 11) is 0. The lowest BCUT2D eigenvalue weighted by atomic mass is 10.0. The standard InChI is InChI=1S/C25H26N4O2S2/c1-3-11-28-22(27-12-7-8-13-27)19(17(2)20(15-26)23(28)30)14-21-24(31)29(25(32)33-21)16-18-9-5-4-6-10-18/h4-6,9-10,14H,3,7-8,11-13,16H2,1-2H3. The molecule has 1 aromatic heterocycles. The van der Waals surface area contributed by atoms with Gasteiger partial charge < -0.3 is 4.90 Å². The lowest BCUT2D eigenvalue weighted by Crippen LogP contribution is -2.33. The summed E-state index contributed by atoms with van der Waals surface area (Å²) < 4.78 is 2.23. The van der Waals surface area contributed by atoms with Crippen LogP contribution in [0.3, 0.4) is 0 Å². The van der Waals surface area contributed by atoms with Gasteiger partial charge in [0, 0.05) is 25.2 Å². The number of anilines is 1. The van der Waals surface area contributed by atoms with Crippen LogP contribution in [0.4, 0.5) is 5.82 Å². The largest absolute Gasteiger partial charge is 0.357 e. The van der Waals surface area contributed by atoms with Crippen LogP contribution in [-0.4, -0.2) is 32.8 Å². The first kappa shape index (κ1) is 23.3. The van der Waals surface area contributed by atoms with E-state index in [1.807, 2.05) is 43.3 Å². The highest BCUT2D eigenvalue weighted by Gasteiger charge is 2.33. The van der Waals surface area contributed by atoms with Gasteiger partial charge in [0.2, 0.25) is 0 Å². The number of thiocarbonyl (C=S) groups is 1. The van der Waals surface area contributed by atoms with Crippen LogP contribution < -0.4 is 10.5 Å². The molecule has 1 amide bonds. The number of aromatic nitrogens is 1. The zero-order chi connectivity index (χ0) is 23.5. The van der Waals surface area contributed by atoms with Crippen LogP contribution >= 0.6 is 24.0 Å². The van der Waals surface area contributed by atoms with E-state index in [1.54, 1.807) is 16.4 Å². The van der Waals surface area contributed by atoms with Crippen molar-refractivity contribution < 1.29 is 4.79 Å². The van der Waals surface area contributed by atoms with E-state index >= 15 is 0 Å². The maximum atomic E-state index is 13.3. The fourth-order valence-corrected chi connectivity index (χ4v) is 5.62. The molecular formula is C25H26N4O2S2. The van der Waals surface area contributed by atoms with Gasteiger partial charge in [-0.3, -0.25) is 19.1 Å². The highest BCUT2D eigenvalue weighted by molar-refractivity contribution is 8.26. The molecule has 4 rings (SSSR count). The molecule has 2 fully saturated rings. The summed E-state index contributed by atoms with van der Waals surface area (Å²) in [5, 5.41) is 9.73. The minimum Gasteiger partial charge on any atom is -0.357 e. The van der Waals surface area contributed by atoms with Gasteiger partial charge in [-0.05, 0) is 43.4 Å². The second-order valence-electron chi connectivity index (χ2n) is 8.25. The van der Waals surface area contributed by atoms with Crippen LogP contribution in [0.15, 0.2) is 40.0 Å². The van der Waals surface area contributed by atoms with Gasteiger partial charge >= 0.3 is 0 Å². The lowest BCUT2D eigenvalue weighted by molar-refractivity contribution is -0.122. The summed E-state index contributed by atoms with van der Waals surface area (Å²) >= 11 is 6.80. The first-order chi connectivity index (χ1) is 16.0. The van der Waals surface area contributed by atoms with Crippen molar-refractivity contribution >= 4 is 46.1 Å². The third kappa shape index (κ3) is 4.48. The smallest absolute Gasteiger partial charge is 0.270 e. The minimum atomic E-state index is -0.257. The monoisotopic (exact) mass is 478 g/mol. The second kappa shape index (κ2) is 9.94. The van der Waals surface area contributed by atoms with Crippen LogP contribution in [0, 0.1) is 18.3 Å². The van der Waals surface area contributed by atoms with Crippen molar-refractivity contribution in [2.75, 3.05) is 18.0 Å². The number of amides is 1. The Morgan fingerprint density at radius 3 is 2.52 bits per heavy atom. The summed E-state index contributed by atoms with van der Waals surface area (Å²) in [5.41, 5.74) is 2.27. The average Bonchev–Trinajstić information content (AvgIpc) is 3.43. The van der Waals surface area contributed by atoms with Gasteiger partial charge in [0.25, 0.3) is 11.5 Å². The molecule has 2 aliphatic rings. The molecule has 0 aliphatic carbocycles. The Labute approximate surface area is 203 Å². The molecule has 2 aliphatic heterocycles. The molecule has 0 unspecified atom stereocenters. The molecule has 3 heterocycles. The Kier molecular flexibility index (Phi) is 7.01. The number of hydrogen-bond acceptors (Lipinski definition) is 6. The Morgan fingerprint density at radius 1 is 1.18 bits per heavy atom. The highest BCUT2D eigenvalue weighted by atomic mass is 32.2. The third-order valence-corrected chi connectivity index (χ3v) is 7.41. The fraction of sp³-hybridized carbons (Fsp3) is 0.360. The Balaban J connectivity index is 1.82. The molecule has 0 saturated carbocycles. The predicted octanol–water partition coefficient (Wildman–Crippen LogP) is 4.44. The zero-order valence-corrected chi connectivity index (χ0v) is 20.5. The van der Waals surface area contributed by atoms with Crippen molar-refractivity contribution in [3.05, 3.63) is 67.8 Å². The van der Waals surface area contributed by atoms with Gasteiger partial charge in [0.15, 0.2) is 0 Å². The predicted molar refractivity (Wildman–Crippen MR) is 137 cm³/mol. The normalized spacial score (nSPS) is 17.3. The Bertz CT molecular complexity index is 1220. The Hall–Kier alpha value is -2.89. The number of rotatable bonds is 6. The van der Waals surface area contributed by atoms with Crippen LogP contribution in [0.1, 0.15) is 48.4 Å². The number of benzene rings is 1. The highest BCUT2D eigenvalue weighted by Crippen LogP contribution is 2.37. The molecule has 8 heteroatoms. The van der Waals surface area contributed by atoms with Crippen LogP contribution in [-0.2, 0) is 17.9 Å². The minimum absolute atomic E-state index is 0.136. The van der Waals surface area contributed by atoms with Crippen molar-refractivity contribution in [1.82, 2.24) is 9.47 Å².